The lowest BCUT2D eigenvalue weighted by Gasteiger charge is -2.41. The number of carboxylic acid groups (broad SMARTS) is 1. The maximum absolute atomic E-state index is 12.2. The van der Waals surface area contributed by atoms with Crippen LogP contribution in [0.25, 0.3) is 0 Å². The van der Waals surface area contributed by atoms with Crippen LogP contribution in [-0.2, 0) is 38.0 Å². The lowest BCUT2D eigenvalue weighted by atomic mass is 9.99. The van der Waals surface area contributed by atoms with E-state index in [1.807, 2.05) is 0 Å². The van der Waals surface area contributed by atoms with Gasteiger partial charge in [0.1, 0.15) is 49.8 Å². The number of allylic oxidation sites excluding steroid dienone is 1. The summed E-state index contributed by atoms with van der Waals surface area (Å²) in [6, 6.07) is 0. The Morgan fingerprint density at radius 2 is 1.69 bits per heavy atom. The smallest absolute Gasteiger partial charge is 0.407 e. The van der Waals surface area contributed by atoms with E-state index in [2.05, 4.69) is 17.2 Å². The molecule has 18 heteroatoms. The van der Waals surface area contributed by atoms with Gasteiger partial charge in [0.25, 0.3) is 5.79 Å². The van der Waals surface area contributed by atoms with Gasteiger partial charge in [0, 0.05) is 20.0 Å². The van der Waals surface area contributed by atoms with Gasteiger partial charge in [0.2, 0.25) is 0 Å². The number of rotatable bonds is 17. The third-order valence-corrected chi connectivity index (χ3v) is 6.15. The van der Waals surface area contributed by atoms with E-state index in [0.29, 0.717) is 12.8 Å². The molecule has 0 radical (unpaired) electrons. The van der Waals surface area contributed by atoms with Crippen molar-refractivity contribution in [3.05, 3.63) is 12.7 Å². The Kier molecular flexibility index (Phi) is 14.8. The molecule has 2 amide bonds. The van der Waals surface area contributed by atoms with Crippen LogP contribution in [0, 0.1) is 0 Å². The number of carboxylic acids is 1. The summed E-state index contributed by atoms with van der Waals surface area (Å²) in [5.74, 6) is -3.48. The summed E-state index contributed by atoms with van der Waals surface area (Å²) >= 11 is 0. The van der Waals surface area contributed by atoms with E-state index in [1.54, 1.807) is 6.08 Å². The van der Waals surface area contributed by atoms with Gasteiger partial charge in [0.15, 0.2) is 12.6 Å². The van der Waals surface area contributed by atoms with E-state index < -0.39 is 93.0 Å². The Bertz CT molecular complexity index is 877. The van der Waals surface area contributed by atoms with Gasteiger partial charge in [-0.25, -0.2) is 14.4 Å². The van der Waals surface area contributed by atoms with Gasteiger partial charge in [-0.15, -0.1) is 6.58 Å². The second kappa shape index (κ2) is 17.5. The van der Waals surface area contributed by atoms with Crippen molar-refractivity contribution in [3.63, 3.8) is 0 Å². The highest BCUT2D eigenvalue weighted by Crippen LogP contribution is 2.28. The molecule has 0 aromatic rings. The summed E-state index contributed by atoms with van der Waals surface area (Å²) in [7, 11) is 0. The van der Waals surface area contributed by atoms with E-state index in [4.69, 9.17) is 33.2 Å². The predicted molar refractivity (Wildman–Crippen MR) is 136 cm³/mol. The van der Waals surface area contributed by atoms with E-state index in [9.17, 15) is 45.0 Å². The molecular formula is C24H40N2O16. The first-order valence-corrected chi connectivity index (χ1v) is 13.1. The number of hydrogen-bond acceptors (Lipinski definition) is 15. The van der Waals surface area contributed by atoms with Crippen LogP contribution >= 0.6 is 0 Å². The summed E-state index contributed by atoms with van der Waals surface area (Å²) < 4.78 is 37.0. The summed E-state index contributed by atoms with van der Waals surface area (Å²) in [5.41, 5.74) is 0. The van der Waals surface area contributed by atoms with Crippen molar-refractivity contribution in [2.45, 2.75) is 74.8 Å². The molecule has 2 aliphatic heterocycles. The summed E-state index contributed by atoms with van der Waals surface area (Å²) in [5, 5.41) is 63.8. The number of carbonyl (C=O) groups is 3. The summed E-state index contributed by atoms with van der Waals surface area (Å²) in [6.07, 6.45) is -11.0. The molecular weight excluding hydrogens is 572 g/mol. The highest BCUT2D eigenvalue weighted by molar-refractivity contribution is 5.75. The van der Waals surface area contributed by atoms with Crippen molar-refractivity contribution in [2.75, 3.05) is 46.1 Å². The number of nitrogens with one attached hydrogen (secondary N) is 2. The third kappa shape index (κ3) is 10.6. The topological polar surface area (TPSA) is 261 Å². The second-order valence-corrected chi connectivity index (χ2v) is 9.36. The molecule has 2 heterocycles. The van der Waals surface area contributed by atoms with Crippen LogP contribution in [0.5, 0.6) is 0 Å². The molecule has 18 nitrogen and oxygen atoms in total. The molecule has 2 aliphatic rings. The van der Waals surface area contributed by atoms with Crippen LogP contribution in [0.3, 0.4) is 0 Å². The zero-order valence-corrected chi connectivity index (χ0v) is 23.0. The van der Waals surface area contributed by atoms with Crippen LogP contribution in [-0.4, -0.2) is 150 Å². The van der Waals surface area contributed by atoms with Gasteiger partial charge < -0.3 is 74.4 Å². The maximum Gasteiger partial charge on any atom is 0.407 e. The Morgan fingerprint density at radius 3 is 2.26 bits per heavy atom. The van der Waals surface area contributed by atoms with Crippen LogP contribution in [0.15, 0.2) is 12.7 Å². The first-order valence-electron chi connectivity index (χ1n) is 13.1. The third-order valence-electron chi connectivity index (χ3n) is 6.15. The Balaban J connectivity index is 1.97. The largest absolute Gasteiger partial charge is 0.477 e. The average molecular weight is 613 g/mol. The van der Waals surface area contributed by atoms with Crippen molar-refractivity contribution >= 4 is 18.2 Å². The first kappa shape index (κ1) is 35.5. The molecule has 2 saturated heterocycles. The number of ether oxygens (including phenoxy) is 7. The van der Waals surface area contributed by atoms with Crippen LogP contribution < -0.4 is 10.6 Å². The first-order chi connectivity index (χ1) is 19.9. The monoisotopic (exact) mass is 612 g/mol. The van der Waals surface area contributed by atoms with Crippen molar-refractivity contribution in [1.29, 1.82) is 0 Å². The highest BCUT2D eigenvalue weighted by Gasteiger charge is 2.48. The molecule has 0 aromatic carbocycles. The molecule has 0 spiro atoms. The quantitative estimate of drug-likeness (QED) is 0.0606. The minimum Gasteiger partial charge on any atom is -0.477 e. The summed E-state index contributed by atoms with van der Waals surface area (Å²) in [4.78, 5) is 35.3. The molecule has 42 heavy (non-hydrogen) atoms. The standard InChI is InChI=1S/C24H40N2O16/c1-3-4-5-8-36-22(34)25-6-7-26-23(35)37-11-15(39-16-12-38-24(2,42-16)21(32)33)13(9-27)40-20-19(31)18(30)17(29)14(10-28)41-20/h3,13-20,27-31H,1,4-12H2,2H3,(H,25,34)(H,26,35)(H,32,33)/t13-,14?,15?,16+,17-,18?,19?,20+,24+/m0/s1. The van der Waals surface area contributed by atoms with Gasteiger partial charge in [-0.3, -0.25) is 0 Å². The molecule has 2 fully saturated rings. The van der Waals surface area contributed by atoms with Crippen molar-refractivity contribution in [3.8, 4) is 0 Å². The number of aliphatic hydroxyl groups is 5. The lowest BCUT2D eigenvalue weighted by Crippen LogP contribution is -2.60. The van der Waals surface area contributed by atoms with Gasteiger partial charge in [-0.05, 0) is 12.8 Å². The zero-order valence-electron chi connectivity index (χ0n) is 23.0. The fourth-order valence-electron chi connectivity index (χ4n) is 3.74. The number of carbonyl (C=O) groups excluding carboxylic acids is 2. The molecule has 0 aliphatic carbocycles. The van der Waals surface area contributed by atoms with Gasteiger partial charge in [-0.2, -0.15) is 0 Å². The minimum atomic E-state index is -2.04. The Morgan fingerprint density at radius 1 is 1.02 bits per heavy atom. The number of alkyl carbamates (subject to hydrolysis) is 2. The normalized spacial score (nSPS) is 30.6. The average Bonchev–Trinajstić information content (AvgIpc) is 3.36. The number of hydrogen-bond donors (Lipinski definition) is 8. The number of amides is 2. The molecule has 2 rings (SSSR count). The maximum atomic E-state index is 12.2. The fraction of sp³-hybridized carbons (Fsp3) is 0.792. The van der Waals surface area contributed by atoms with E-state index in [0.717, 1.165) is 6.92 Å². The zero-order chi connectivity index (χ0) is 31.3. The van der Waals surface area contributed by atoms with Crippen LogP contribution in [0.1, 0.15) is 19.8 Å². The van der Waals surface area contributed by atoms with Crippen molar-refractivity contribution < 1.29 is 78.2 Å². The number of aliphatic hydroxyl groups excluding tert-OH is 5. The Labute approximate surface area is 241 Å². The van der Waals surface area contributed by atoms with Gasteiger partial charge in [-0.1, -0.05) is 6.08 Å². The van der Waals surface area contributed by atoms with Gasteiger partial charge in [0.05, 0.1) is 19.8 Å². The Hall–Kier alpha value is -2.65. The SMILES string of the molecule is C=CCCCOC(=O)NCCNC(=O)OCC(O[C@H]1CO[C@@](C)(C(=O)O)O1)[C@H](CO)O[C@@H]1OC(CO)[C@H](O)C(O)C1O. The molecule has 9 atom stereocenters. The van der Waals surface area contributed by atoms with E-state index >= 15 is 0 Å². The van der Waals surface area contributed by atoms with Crippen LogP contribution in [0.4, 0.5) is 9.59 Å². The highest BCUT2D eigenvalue weighted by atomic mass is 16.8. The molecule has 4 unspecified atom stereocenters. The lowest BCUT2D eigenvalue weighted by molar-refractivity contribution is -0.326. The van der Waals surface area contributed by atoms with Crippen molar-refractivity contribution in [2.24, 2.45) is 0 Å². The van der Waals surface area contributed by atoms with Gasteiger partial charge >= 0.3 is 18.2 Å². The number of aliphatic carboxylic acids is 1. The molecule has 8 N–H and O–H groups in total. The molecule has 242 valence electrons. The van der Waals surface area contributed by atoms with E-state index in [-0.39, 0.29) is 26.3 Å². The number of unbranched alkanes of at least 4 members (excludes halogenated alkanes) is 1. The van der Waals surface area contributed by atoms with Crippen LogP contribution in [0.2, 0.25) is 0 Å². The molecule has 0 bridgehead atoms. The van der Waals surface area contributed by atoms with E-state index in [1.165, 1.54) is 0 Å². The predicted octanol–water partition coefficient (Wildman–Crippen LogP) is -2.86. The fourth-order valence-corrected chi connectivity index (χ4v) is 3.74. The summed E-state index contributed by atoms with van der Waals surface area (Å²) in [6.45, 7) is 2.32. The molecule has 0 saturated carbocycles. The minimum absolute atomic E-state index is 0.00975. The molecule has 0 aromatic heterocycles. The van der Waals surface area contributed by atoms with Crippen molar-refractivity contribution in [1.82, 2.24) is 10.6 Å². The second-order valence-electron chi connectivity index (χ2n) is 9.36.